The quantitative estimate of drug-likeness (QED) is 0.605. The zero-order valence-electron chi connectivity index (χ0n) is 11.1. The SMILES string of the molecule is CCOC(=O)C1=CN(CC)C2NC(Cl)=C(N)C=C2C1. The number of rotatable bonds is 3. The van der Waals surface area contributed by atoms with Crippen molar-refractivity contribution in [3.05, 3.63) is 34.3 Å². The van der Waals surface area contributed by atoms with E-state index in [1.54, 1.807) is 6.92 Å². The first-order chi connectivity index (χ1) is 9.06. The summed E-state index contributed by atoms with van der Waals surface area (Å²) >= 11 is 6.02. The van der Waals surface area contributed by atoms with Crippen LogP contribution in [-0.4, -0.2) is 30.2 Å². The molecule has 1 unspecified atom stereocenters. The highest BCUT2D eigenvalue weighted by Gasteiger charge is 2.31. The molecule has 0 bridgehead atoms. The molecule has 6 heteroatoms. The summed E-state index contributed by atoms with van der Waals surface area (Å²) in [4.78, 5) is 13.9. The largest absolute Gasteiger partial charge is 0.463 e. The molecule has 0 aromatic heterocycles. The van der Waals surface area contributed by atoms with Gasteiger partial charge in [0.15, 0.2) is 0 Å². The zero-order valence-corrected chi connectivity index (χ0v) is 11.8. The monoisotopic (exact) mass is 283 g/mol. The van der Waals surface area contributed by atoms with Crippen molar-refractivity contribution < 1.29 is 9.53 Å². The van der Waals surface area contributed by atoms with E-state index in [0.717, 1.165) is 12.1 Å². The summed E-state index contributed by atoms with van der Waals surface area (Å²) in [5, 5.41) is 3.59. The second kappa shape index (κ2) is 5.57. The Hall–Kier alpha value is -1.62. The molecule has 104 valence electrons. The van der Waals surface area contributed by atoms with Gasteiger partial charge in [0, 0.05) is 19.2 Å². The van der Waals surface area contributed by atoms with Crippen molar-refractivity contribution in [2.24, 2.45) is 5.73 Å². The third kappa shape index (κ3) is 2.71. The highest BCUT2D eigenvalue weighted by molar-refractivity contribution is 6.29. The van der Waals surface area contributed by atoms with E-state index < -0.39 is 0 Å². The number of esters is 1. The lowest BCUT2D eigenvalue weighted by atomic mass is 9.96. The van der Waals surface area contributed by atoms with E-state index in [9.17, 15) is 4.79 Å². The lowest BCUT2D eigenvalue weighted by Gasteiger charge is -2.39. The van der Waals surface area contributed by atoms with E-state index in [4.69, 9.17) is 22.1 Å². The van der Waals surface area contributed by atoms with Crippen LogP contribution in [0.4, 0.5) is 0 Å². The van der Waals surface area contributed by atoms with Crippen molar-refractivity contribution in [2.75, 3.05) is 13.2 Å². The van der Waals surface area contributed by atoms with Crippen LogP contribution in [0, 0.1) is 0 Å². The van der Waals surface area contributed by atoms with Gasteiger partial charge < -0.3 is 20.7 Å². The number of carbonyl (C=O) groups excluding carboxylic acids is 1. The molecule has 2 rings (SSSR count). The molecule has 3 N–H and O–H groups in total. The van der Waals surface area contributed by atoms with Crippen LogP contribution >= 0.6 is 11.6 Å². The van der Waals surface area contributed by atoms with E-state index in [-0.39, 0.29) is 12.1 Å². The Balaban J connectivity index is 2.29. The molecule has 19 heavy (non-hydrogen) atoms. The molecule has 0 saturated carbocycles. The van der Waals surface area contributed by atoms with Gasteiger partial charge in [0.05, 0.1) is 17.9 Å². The molecule has 0 radical (unpaired) electrons. The van der Waals surface area contributed by atoms with Gasteiger partial charge in [0.2, 0.25) is 0 Å². The fourth-order valence-electron chi connectivity index (χ4n) is 2.24. The summed E-state index contributed by atoms with van der Waals surface area (Å²) in [6.07, 6.45) is 4.15. The molecular weight excluding hydrogens is 266 g/mol. The predicted octanol–water partition coefficient (Wildman–Crippen LogP) is 1.38. The second-order valence-electron chi connectivity index (χ2n) is 4.42. The average Bonchev–Trinajstić information content (AvgIpc) is 2.39. The Kier molecular flexibility index (Phi) is 4.04. The molecule has 2 aliphatic heterocycles. The standard InChI is InChI=1S/C13H18ClN3O2/c1-3-17-7-9(13(18)19-4-2)5-8-6-10(15)11(14)16-12(8)17/h6-7,12,16H,3-5,15H2,1-2H3. The van der Waals surface area contributed by atoms with Gasteiger partial charge in [0.25, 0.3) is 0 Å². The Bertz CT molecular complexity index is 482. The van der Waals surface area contributed by atoms with Gasteiger partial charge in [-0.15, -0.1) is 0 Å². The number of nitrogens with zero attached hydrogens (tertiary/aromatic N) is 1. The predicted molar refractivity (Wildman–Crippen MR) is 73.8 cm³/mol. The Labute approximate surface area is 117 Å². The molecule has 1 atom stereocenters. The number of ether oxygens (including phenoxy) is 1. The van der Waals surface area contributed by atoms with Crippen LogP contribution < -0.4 is 11.1 Å². The van der Waals surface area contributed by atoms with Crippen molar-refractivity contribution in [2.45, 2.75) is 26.4 Å². The number of dihydropyridines is 1. The molecule has 0 saturated heterocycles. The van der Waals surface area contributed by atoms with Crippen LogP contribution in [0.1, 0.15) is 20.3 Å². The van der Waals surface area contributed by atoms with Gasteiger partial charge >= 0.3 is 5.97 Å². The molecule has 0 spiro atoms. The number of hydrogen-bond acceptors (Lipinski definition) is 5. The summed E-state index contributed by atoms with van der Waals surface area (Å²) in [5.41, 5.74) is 7.96. The lowest BCUT2D eigenvalue weighted by Crippen LogP contribution is -2.48. The van der Waals surface area contributed by atoms with Gasteiger partial charge in [-0.1, -0.05) is 11.6 Å². The minimum Gasteiger partial charge on any atom is -0.463 e. The van der Waals surface area contributed by atoms with Crippen LogP contribution in [0.5, 0.6) is 0 Å². The molecule has 0 aromatic carbocycles. The summed E-state index contributed by atoms with van der Waals surface area (Å²) in [7, 11) is 0. The normalized spacial score (nSPS) is 22.3. The van der Waals surface area contributed by atoms with Crippen molar-refractivity contribution >= 4 is 17.6 Å². The number of carbonyl (C=O) groups is 1. The van der Waals surface area contributed by atoms with E-state index in [2.05, 4.69) is 5.32 Å². The van der Waals surface area contributed by atoms with Gasteiger partial charge in [-0.3, -0.25) is 0 Å². The summed E-state index contributed by atoms with van der Waals surface area (Å²) in [6, 6.07) is 0. The van der Waals surface area contributed by atoms with Crippen LogP contribution in [0.2, 0.25) is 0 Å². The van der Waals surface area contributed by atoms with E-state index in [0.29, 0.717) is 29.5 Å². The maximum absolute atomic E-state index is 11.8. The number of hydrogen-bond donors (Lipinski definition) is 2. The van der Waals surface area contributed by atoms with Crippen molar-refractivity contribution in [3.8, 4) is 0 Å². The molecule has 5 nitrogen and oxygen atoms in total. The van der Waals surface area contributed by atoms with Gasteiger partial charge in [-0.25, -0.2) is 4.79 Å². The van der Waals surface area contributed by atoms with Gasteiger partial charge in [-0.2, -0.15) is 0 Å². The minimum atomic E-state index is -0.278. The molecule has 0 aliphatic carbocycles. The van der Waals surface area contributed by atoms with Gasteiger partial charge in [0.1, 0.15) is 11.3 Å². The smallest absolute Gasteiger partial charge is 0.335 e. The summed E-state index contributed by atoms with van der Waals surface area (Å²) in [5.74, 6) is -0.278. The number of halogens is 1. The highest BCUT2D eigenvalue weighted by Crippen LogP contribution is 2.30. The maximum Gasteiger partial charge on any atom is 0.335 e. The number of nitrogens with two attached hydrogens (primary N) is 1. The second-order valence-corrected chi connectivity index (χ2v) is 4.80. The summed E-state index contributed by atoms with van der Waals surface area (Å²) < 4.78 is 5.05. The Morgan fingerprint density at radius 2 is 2.37 bits per heavy atom. The topological polar surface area (TPSA) is 67.6 Å². The zero-order chi connectivity index (χ0) is 14.0. The molecule has 0 amide bonds. The highest BCUT2D eigenvalue weighted by atomic mass is 35.5. The van der Waals surface area contributed by atoms with Gasteiger partial charge in [-0.05, 0) is 25.5 Å². The fraction of sp³-hybridized carbons (Fsp3) is 0.462. The van der Waals surface area contributed by atoms with Crippen LogP contribution in [0.25, 0.3) is 0 Å². The van der Waals surface area contributed by atoms with Crippen molar-refractivity contribution in [1.82, 2.24) is 10.2 Å². The number of allylic oxidation sites excluding steroid dienone is 1. The van der Waals surface area contributed by atoms with Crippen LogP contribution in [0.3, 0.4) is 0 Å². The number of likely N-dealkylation sites (N-methyl/N-ethyl adjacent to an activating group) is 1. The van der Waals surface area contributed by atoms with Crippen molar-refractivity contribution in [1.29, 1.82) is 0 Å². The van der Waals surface area contributed by atoms with E-state index >= 15 is 0 Å². The molecule has 2 heterocycles. The summed E-state index contributed by atoms with van der Waals surface area (Å²) in [6.45, 7) is 4.93. The molecule has 2 aliphatic rings. The average molecular weight is 284 g/mol. The third-order valence-electron chi connectivity index (χ3n) is 3.16. The van der Waals surface area contributed by atoms with E-state index in [1.165, 1.54) is 0 Å². The first-order valence-corrected chi connectivity index (χ1v) is 6.70. The maximum atomic E-state index is 11.8. The van der Waals surface area contributed by atoms with Crippen molar-refractivity contribution in [3.63, 3.8) is 0 Å². The van der Waals surface area contributed by atoms with Crippen LogP contribution in [-0.2, 0) is 9.53 Å². The molecule has 0 fully saturated rings. The molecule has 0 aromatic rings. The first kappa shape index (κ1) is 13.8. The number of fused-ring (bicyclic) bond motifs is 1. The lowest BCUT2D eigenvalue weighted by molar-refractivity contribution is -0.138. The third-order valence-corrected chi connectivity index (χ3v) is 3.49. The number of nitrogens with one attached hydrogen (secondary N) is 1. The van der Waals surface area contributed by atoms with E-state index in [1.807, 2.05) is 24.1 Å². The minimum absolute atomic E-state index is 0.0389. The Morgan fingerprint density at radius 3 is 3.00 bits per heavy atom. The molecular formula is C13H18ClN3O2. The van der Waals surface area contributed by atoms with Crippen LogP contribution in [0.15, 0.2) is 34.3 Å². The fourth-order valence-corrected chi connectivity index (χ4v) is 2.40. The Morgan fingerprint density at radius 1 is 1.63 bits per heavy atom. The first-order valence-electron chi connectivity index (χ1n) is 6.32.